The third kappa shape index (κ3) is 3.46. The van der Waals surface area contributed by atoms with Crippen LogP contribution in [0.4, 0.5) is 0 Å². The zero-order valence-corrected chi connectivity index (χ0v) is 13.9. The second kappa shape index (κ2) is 6.76. The normalized spacial score (nSPS) is 22.1. The van der Waals surface area contributed by atoms with Gasteiger partial charge in [-0.25, -0.2) is 0 Å². The highest BCUT2D eigenvalue weighted by Crippen LogP contribution is 2.37. The molecular weight excluding hydrogens is 320 g/mol. The molecule has 1 atom stereocenters. The number of nitrogens with zero attached hydrogens (tertiary/aromatic N) is 4. The minimum atomic E-state index is -0.180. The fourth-order valence-corrected chi connectivity index (χ4v) is 3.55. The number of likely N-dealkylation sites (tertiary alicyclic amines) is 1. The summed E-state index contributed by atoms with van der Waals surface area (Å²) in [6, 6.07) is 5.46. The quantitative estimate of drug-likeness (QED) is 0.847. The molecule has 0 aromatic carbocycles. The Hall–Kier alpha value is -2.54. The van der Waals surface area contributed by atoms with E-state index in [0.717, 1.165) is 25.0 Å². The van der Waals surface area contributed by atoms with Crippen LogP contribution in [0.2, 0.25) is 0 Å². The minimum absolute atomic E-state index is 0.00547. The van der Waals surface area contributed by atoms with E-state index in [4.69, 9.17) is 9.47 Å². The third-order valence-corrected chi connectivity index (χ3v) is 4.91. The van der Waals surface area contributed by atoms with E-state index in [1.54, 1.807) is 24.7 Å². The van der Waals surface area contributed by atoms with Gasteiger partial charge in [0.05, 0.1) is 36.4 Å². The summed E-state index contributed by atoms with van der Waals surface area (Å²) < 4.78 is 12.1. The van der Waals surface area contributed by atoms with Crippen LogP contribution in [0.3, 0.4) is 0 Å². The van der Waals surface area contributed by atoms with Crippen molar-refractivity contribution in [3.63, 3.8) is 0 Å². The van der Waals surface area contributed by atoms with Gasteiger partial charge in [0, 0.05) is 25.7 Å². The van der Waals surface area contributed by atoms with Crippen LogP contribution in [0.5, 0.6) is 5.75 Å². The molecule has 2 saturated heterocycles. The highest BCUT2D eigenvalue weighted by Gasteiger charge is 2.44. The van der Waals surface area contributed by atoms with Gasteiger partial charge < -0.3 is 14.4 Å². The highest BCUT2D eigenvalue weighted by molar-refractivity contribution is 5.93. The number of carbonyl (C=O) groups excluding carboxylic acids is 1. The average molecular weight is 340 g/mol. The monoisotopic (exact) mass is 340 g/mol. The molecule has 2 aliphatic rings. The lowest BCUT2D eigenvalue weighted by molar-refractivity contribution is -0.0395. The summed E-state index contributed by atoms with van der Waals surface area (Å²) >= 11 is 0. The lowest BCUT2D eigenvalue weighted by Crippen LogP contribution is -2.46. The van der Waals surface area contributed by atoms with Crippen molar-refractivity contribution in [1.82, 2.24) is 20.1 Å². The Morgan fingerprint density at radius 2 is 2.08 bits per heavy atom. The van der Waals surface area contributed by atoms with Crippen LogP contribution in [0, 0.1) is 0 Å². The number of hydrogen-bond donors (Lipinski definition) is 0. The van der Waals surface area contributed by atoms with Gasteiger partial charge in [0.2, 0.25) is 0 Å². The van der Waals surface area contributed by atoms with E-state index >= 15 is 0 Å². The molecule has 0 N–H and O–H groups in total. The van der Waals surface area contributed by atoms with Crippen LogP contribution in [-0.4, -0.2) is 57.4 Å². The van der Waals surface area contributed by atoms with Crippen molar-refractivity contribution in [1.29, 1.82) is 0 Å². The molecule has 2 aliphatic heterocycles. The average Bonchev–Trinajstić information content (AvgIpc) is 3.05. The van der Waals surface area contributed by atoms with Crippen molar-refractivity contribution < 1.29 is 14.3 Å². The molecule has 0 bridgehead atoms. The second-order valence-electron chi connectivity index (χ2n) is 6.55. The van der Waals surface area contributed by atoms with Crippen LogP contribution in [0.15, 0.2) is 43.0 Å². The van der Waals surface area contributed by atoms with E-state index in [1.165, 1.54) is 6.20 Å². The first-order valence-corrected chi connectivity index (χ1v) is 8.51. The molecule has 0 saturated carbocycles. The molecule has 130 valence electrons. The highest BCUT2D eigenvalue weighted by atomic mass is 16.6. The Balaban J connectivity index is 1.33. The molecule has 2 aromatic heterocycles. The van der Waals surface area contributed by atoms with Gasteiger partial charge in [-0.1, -0.05) is 0 Å². The van der Waals surface area contributed by atoms with Crippen molar-refractivity contribution in [3.8, 4) is 5.75 Å². The Bertz CT molecular complexity index is 718. The van der Waals surface area contributed by atoms with Crippen molar-refractivity contribution in [2.24, 2.45) is 0 Å². The number of ether oxygens (including phenoxy) is 2. The van der Waals surface area contributed by atoms with Crippen LogP contribution in [0.1, 0.15) is 29.6 Å². The largest absolute Gasteiger partial charge is 0.486 e. The molecule has 1 spiro atoms. The second-order valence-corrected chi connectivity index (χ2v) is 6.55. The Labute approximate surface area is 146 Å². The van der Waals surface area contributed by atoms with Gasteiger partial charge in [-0.2, -0.15) is 10.2 Å². The molecule has 2 aromatic rings. The van der Waals surface area contributed by atoms with Crippen LogP contribution in [-0.2, 0) is 4.74 Å². The minimum Gasteiger partial charge on any atom is -0.486 e. The molecule has 0 aliphatic carbocycles. The first kappa shape index (κ1) is 16.0. The first-order valence-electron chi connectivity index (χ1n) is 8.51. The first-order chi connectivity index (χ1) is 12.2. The number of piperidine rings is 1. The molecule has 7 heteroatoms. The van der Waals surface area contributed by atoms with Crippen molar-refractivity contribution in [2.75, 3.05) is 19.7 Å². The summed E-state index contributed by atoms with van der Waals surface area (Å²) in [4.78, 5) is 18.4. The van der Waals surface area contributed by atoms with Crippen LogP contribution < -0.4 is 4.74 Å². The molecule has 2 fully saturated rings. The maximum atomic E-state index is 12.5. The van der Waals surface area contributed by atoms with Gasteiger partial charge in [0.1, 0.15) is 11.9 Å². The predicted octanol–water partition coefficient (Wildman–Crippen LogP) is 1.71. The van der Waals surface area contributed by atoms with Crippen molar-refractivity contribution in [3.05, 3.63) is 48.5 Å². The van der Waals surface area contributed by atoms with Gasteiger partial charge in [-0.05, 0) is 31.0 Å². The Kier molecular flexibility index (Phi) is 4.31. The maximum Gasteiger partial charge on any atom is 0.255 e. The molecule has 0 radical (unpaired) electrons. The van der Waals surface area contributed by atoms with Crippen molar-refractivity contribution in [2.45, 2.75) is 31.0 Å². The number of amides is 1. The number of hydrogen-bond acceptors (Lipinski definition) is 6. The fourth-order valence-electron chi connectivity index (χ4n) is 3.55. The van der Waals surface area contributed by atoms with E-state index in [0.29, 0.717) is 25.3 Å². The summed E-state index contributed by atoms with van der Waals surface area (Å²) in [6.45, 7) is 1.94. The van der Waals surface area contributed by atoms with Crippen molar-refractivity contribution >= 4 is 5.91 Å². The van der Waals surface area contributed by atoms with Gasteiger partial charge in [-0.15, -0.1) is 0 Å². The van der Waals surface area contributed by atoms with E-state index in [2.05, 4.69) is 15.2 Å². The lowest BCUT2D eigenvalue weighted by Gasteiger charge is -2.38. The molecule has 4 rings (SSSR count). The molecule has 1 amide bonds. The van der Waals surface area contributed by atoms with Gasteiger partial charge in [-0.3, -0.25) is 9.78 Å². The molecule has 7 nitrogen and oxygen atoms in total. The maximum absolute atomic E-state index is 12.5. The van der Waals surface area contributed by atoms with Gasteiger partial charge in [0.15, 0.2) is 0 Å². The predicted molar refractivity (Wildman–Crippen MR) is 89.1 cm³/mol. The van der Waals surface area contributed by atoms with Gasteiger partial charge >= 0.3 is 0 Å². The number of aromatic nitrogens is 3. The summed E-state index contributed by atoms with van der Waals surface area (Å²) in [5.41, 5.74) is 0.399. The topological polar surface area (TPSA) is 77.4 Å². The van der Waals surface area contributed by atoms with E-state index in [9.17, 15) is 4.79 Å². The summed E-state index contributed by atoms with van der Waals surface area (Å²) in [7, 11) is 0. The molecule has 4 heterocycles. The zero-order chi connectivity index (χ0) is 17.1. The van der Waals surface area contributed by atoms with E-state index < -0.39 is 0 Å². The molecular formula is C18H20N4O3. The Morgan fingerprint density at radius 3 is 2.80 bits per heavy atom. The summed E-state index contributed by atoms with van der Waals surface area (Å²) in [5.74, 6) is 0.775. The third-order valence-electron chi connectivity index (χ3n) is 4.91. The van der Waals surface area contributed by atoms with E-state index in [-0.39, 0.29) is 17.6 Å². The van der Waals surface area contributed by atoms with Gasteiger partial charge in [0.25, 0.3) is 5.91 Å². The smallest absolute Gasteiger partial charge is 0.255 e. The van der Waals surface area contributed by atoms with Crippen LogP contribution >= 0.6 is 0 Å². The summed E-state index contributed by atoms with van der Waals surface area (Å²) in [5, 5.41) is 7.49. The lowest BCUT2D eigenvalue weighted by atomic mass is 9.87. The number of rotatable bonds is 3. The van der Waals surface area contributed by atoms with E-state index in [1.807, 2.05) is 17.0 Å². The SMILES string of the molecule is O=C(c1ccnnc1)N1CCC2(CC1)CC(Oc1cccnc1)CO2. The Morgan fingerprint density at radius 1 is 1.20 bits per heavy atom. The zero-order valence-electron chi connectivity index (χ0n) is 13.9. The number of carbonyl (C=O) groups is 1. The number of pyridine rings is 1. The standard InChI is InChI=1S/C18H20N4O3/c23-17(14-3-7-20-21-11-14)22-8-4-18(5-9-22)10-16(13-24-18)25-15-2-1-6-19-12-15/h1-3,6-7,11-12,16H,4-5,8-10,13H2. The summed E-state index contributed by atoms with van der Waals surface area (Å²) in [6.07, 6.45) is 9.03. The van der Waals surface area contributed by atoms with Crippen LogP contribution in [0.25, 0.3) is 0 Å². The fraction of sp³-hybridized carbons (Fsp3) is 0.444. The molecule has 1 unspecified atom stereocenters. The molecule has 25 heavy (non-hydrogen) atoms.